The van der Waals surface area contributed by atoms with Crippen LogP contribution in [0, 0.1) is 35.5 Å². The molecule has 2 aromatic heterocycles. The third kappa shape index (κ3) is 20.0. The van der Waals surface area contributed by atoms with Gasteiger partial charge in [-0.2, -0.15) is 0 Å². The number of hydrogen-bond donors (Lipinski definition) is 7. The number of rotatable bonds is 22. The number of nitrogens with one attached hydrogen (secondary N) is 6. The van der Waals surface area contributed by atoms with E-state index in [1.54, 1.807) is 28.1 Å². The predicted molar refractivity (Wildman–Crippen MR) is 488 cm³/mol. The number of methoxy groups -OCH3 is 6. The standard InChI is InChI=1S/C46H55N7O8.C44H52N6O7.C7H13NO4/c1-24(2)40(50-45(56)59-6)43(54)52-14-8-9-37(52)42-47-20-36(49-42)28-10-12-30-29(16-28)23-61-39-19-31-27(17-33(30)39)11-13-34-32(31)18-35(48-34)38-15-26(22-58-5)21-53(38)44(55)41(25(3)4)51-46(57)60-7;1-24(2)39(48-42(52)55-7)41(51)49-14-8-9-36(49)40-45-20-35(47-40)27-10-12-29-28(16-27)23-56-38-19-30-26(17-32(29)38)11-13-33-31(30)18-34(46-33)37-15-25(22-54-6)21-50(37)43(53)57-44(3,4)5;1-4(2)5(6(9)10)8-7(11)12-3/h10-13,16-17,19-20,24-26,37-38,40-41H,8-9,14-15,18,21-23H2,1-7H3,(H,47,49)(H,50,56)(H,51,57);10-13,16-17,19-20,24-25,36-37,39H,8-9,14-15,18,21-23H2,1-7H3,(H,45,47)(H,48,52);4-5H,1-3H3,(H,8,11)(H,9,10)/t26?,37-,38-,40-,41?;25?,36-,37-,39-;5-/m000/s1. The lowest BCUT2D eigenvalue weighted by Gasteiger charge is -2.31. The van der Waals surface area contributed by atoms with Gasteiger partial charge in [0.1, 0.15) is 66.1 Å². The summed E-state index contributed by atoms with van der Waals surface area (Å²) < 4.78 is 48.4. The van der Waals surface area contributed by atoms with Crippen molar-refractivity contribution in [3.05, 3.63) is 131 Å². The van der Waals surface area contributed by atoms with Crippen LogP contribution >= 0.6 is 0 Å². The van der Waals surface area contributed by atoms with Gasteiger partial charge >= 0.3 is 36.4 Å². The fraction of sp³-hybridized carbons (Fsp3) is 0.495. The first-order chi connectivity index (χ1) is 62.2. The van der Waals surface area contributed by atoms with Gasteiger partial charge in [-0.1, -0.05) is 91.8 Å². The van der Waals surface area contributed by atoms with Crippen LogP contribution in [0.15, 0.2) is 107 Å². The maximum Gasteiger partial charge on any atom is 0.410 e. The molecule has 3 unspecified atom stereocenters. The zero-order chi connectivity index (χ0) is 93.0. The Hall–Kier alpha value is -12.7. The molecule has 10 atom stereocenters. The zero-order valence-corrected chi connectivity index (χ0v) is 77.0. The molecule has 6 aromatic carbocycles. The second-order valence-corrected chi connectivity index (χ2v) is 36.9. The average Bonchev–Trinajstić information content (AvgIpc) is 1.40. The van der Waals surface area contributed by atoms with Gasteiger partial charge in [0.05, 0.1) is 101 Å². The number of amides is 8. The molecule has 0 bridgehead atoms. The van der Waals surface area contributed by atoms with Gasteiger partial charge in [0.2, 0.25) is 17.7 Å². The van der Waals surface area contributed by atoms with Gasteiger partial charge in [0.25, 0.3) is 0 Å². The minimum Gasteiger partial charge on any atom is -0.488 e. The molecule has 130 heavy (non-hydrogen) atoms. The summed E-state index contributed by atoms with van der Waals surface area (Å²) in [4.78, 5) is 146. The summed E-state index contributed by atoms with van der Waals surface area (Å²) in [6.07, 6.45) is 6.68. The number of aromatic amines is 2. The number of imidazole rings is 2. The number of likely N-dealkylation sites (tertiary alicyclic amines) is 4. The summed E-state index contributed by atoms with van der Waals surface area (Å²) in [5, 5.41) is 23.3. The largest absolute Gasteiger partial charge is 0.488 e. The lowest BCUT2D eigenvalue weighted by molar-refractivity contribution is -0.140. The van der Waals surface area contributed by atoms with Crippen molar-refractivity contribution in [1.82, 2.24) is 60.8 Å². The number of carboxylic acid groups (broad SMARTS) is 1. The Balaban J connectivity index is 0.000000186. The number of H-pyrrole nitrogens is 2. The zero-order valence-electron chi connectivity index (χ0n) is 77.0. The number of ether oxygens (including phenoxy) is 9. The van der Waals surface area contributed by atoms with Gasteiger partial charge < -0.3 is 93.7 Å². The molecular formula is C97H120N14O19. The molecule has 0 radical (unpaired) electrons. The van der Waals surface area contributed by atoms with Crippen molar-refractivity contribution < 1.29 is 90.9 Å². The Kier molecular flexibility index (Phi) is 28.6. The van der Waals surface area contributed by atoms with Crippen LogP contribution in [-0.4, -0.2) is 234 Å². The first-order valence-electron chi connectivity index (χ1n) is 44.7. The van der Waals surface area contributed by atoms with Gasteiger partial charge in [-0.3, -0.25) is 29.3 Å². The number of benzene rings is 6. The van der Waals surface area contributed by atoms with Crippen LogP contribution in [0.25, 0.3) is 66.3 Å². The minimum absolute atomic E-state index is 0.108. The van der Waals surface area contributed by atoms with Crippen LogP contribution in [0.2, 0.25) is 0 Å². The predicted octanol–water partition coefficient (Wildman–Crippen LogP) is 14.9. The summed E-state index contributed by atoms with van der Waals surface area (Å²) in [5.74, 6) is 1.39. The molecule has 0 spiro atoms. The van der Waals surface area contributed by atoms with Crippen LogP contribution < -0.4 is 30.7 Å². The fourth-order valence-corrected chi connectivity index (χ4v) is 19.0. The van der Waals surface area contributed by atoms with Crippen molar-refractivity contribution in [2.45, 2.75) is 195 Å². The van der Waals surface area contributed by atoms with Crippen LogP contribution in [0.5, 0.6) is 11.5 Å². The third-order valence-electron chi connectivity index (χ3n) is 25.6. The lowest BCUT2D eigenvalue weighted by atomic mass is 9.90. The van der Waals surface area contributed by atoms with E-state index in [2.05, 4.69) is 121 Å². The number of nitrogens with zero attached hydrogens (tertiary/aromatic N) is 8. The van der Waals surface area contributed by atoms with E-state index in [9.17, 15) is 43.2 Å². The molecule has 8 aliphatic rings. The molecule has 0 saturated carbocycles. The van der Waals surface area contributed by atoms with Crippen molar-refractivity contribution in [3.8, 4) is 56.3 Å². The van der Waals surface area contributed by atoms with Crippen LogP contribution in [-0.2, 0) is 78.4 Å². The van der Waals surface area contributed by atoms with Crippen LogP contribution in [0.4, 0.5) is 35.3 Å². The van der Waals surface area contributed by atoms with Gasteiger partial charge in [0, 0.05) is 87.6 Å². The molecule has 8 aliphatic heterocycles. The molecule has 692 valence electrons. The molecule has 33 heteroatoms. The van der Waals surface area contributed by atoms with Crippen LogP contribution in [0.3, 0.4) is 0 Å². The summed E-state index contributed by atoms with van der Waals surface area (Å²) >= 11 is 0. The summed E-state index contributed by atoms with van der Waals surface area (Å²) in [5.41, 5.74) is 15.4. The number of alkyl carbamates (subject to hydrolysis) is 4. The Morgan fingerprint density at radius 2 is 0.862 bits per heavy atom. The average molecular weight is 1790 g/mol. The lowest BCUT2D eigenvalue weighted by Crippen LogP contribution is -2.53. The van der Waals surface area contributed by atoms with Gasteiger partial charge in [-0.15, -0.1) is 0 Å². The molecule has 7 N–H and O–H groups in total. The fourth-order valence-electron chi connectivity index (χ4n) is 19.0. The first kappa shape index (κ1) is 93.5. The summed E-state index contributed by atoms with van der Waals surface area (Å²) in [7, 11) is 8.44. The Labute approximate surface area is 756 Å². The minimum atomic E-state index is -1.06. The number of carbonyl (C=O) groups excluding carboxylic acids is 8. The SMILES string of the molecule is COC(=O)N[C@H](C(=O)O)C(C)C.COCC1C[C@@H](C2=Nc3ccc4cc5c(cc4c3C2)OCc2cc(-c3cnc([C@@H]4CCCN4C(=O)[C@@H](NC(=O)OC)C(C)C)[nH]3)ccc2-5)N(C(=O)C(NC(=O)OC)C(C)C)C1.COCC1C[C@@H](C2=Nc3ccc4cc5c(cc4c3C2)OCc2cc(-c3cnc([C@@H]4CCCN4C(=O)[C@@H](NC(=O)OC)C(C)C)[nH]3)ccc2-5)N(C(=O)OC(C)(C)C)C1. The second kappa shape index (κ2) is 39.7. The van der Waals surface area contributed by atoms with Crippen molar-refractivity contribution in [1.29, 1.82) is 0 Å². The maximum absolute atomic E-state index is 14.1. The third-order valence-corrected chi connectivity index (χ3v) is 25.6. The van der Waals surface area contributed by atoms with Crippen LogP contribution in [0.1, 0.15) is 161 Å². The smallest absolute Gasteiger partial charge is 0.410 e. The van der Waals surface area contributed by atoms with E-state index >= 15 is 0 Å². The maximum atomic E-state index is 14.1. The molecule has 8 amide bonds. The number of carbonyl (C=O) groups is 9. The molecule has 33 nitrogen and oxygen atoms in total. The molecule has 4 saturated heterocycles. The second-order valence-electron chi connectivity index (χ2n) is 36.9. The highest BCUT2D eigenvalue weighted by atomic mass is 16.6. The highest BCUT2D eigenvalue weighted by Crippen LogP contribution is 2.49. The number of carboxylic acids is 1. The monoisotopic (exact) mass is 1780 g/mol. The van der Waals surface area contributed by atoms with Crippen molar-refractivity contribution in [2.24, 2.45) is 45.5 Å². The molecule has 4 fully saturated rings. The highest BCUT2D eigenvalue weighted by Gasteiger charge is 2.46. The van der Waals surface area contributed by atoms with E-state index in [1.165, 1.54) is 28.4 Å². The number of fused-ring (bicyclic) bond motifs is 12. The molecule has 10 heterocycles. The Bertz CT molecular complexity index is 5690. The van der Waals surface area contributed by atoms with E-state index in [4.69, 9.17) is 63.0 Å². The Morgan fingerprint density at radius 1 is 0.477 bits per heavy atom. The van der Waals surface area contributed by atoms with E-state index in [1.807, 2.05) is 94.3 Å². The highest BCUT2D eigenvalue weighted by molar-refractivity contribution is 6.08. The van der Waals surface area contributed by atoms with Crippen molar-refractivity contribution in [3.63, 3.8) is 0 Å². The summed E-state index contributed by atoms with van der Waals surface area (Å²) in [6.45, 7) is 24.7. The van der Waals surface area contributed by atoms with E-state index in [0.717, 1.165) is 167 Å². The first-order valence-corrected chi connectivity index (χ1v) is 44.7. The van der Waals surface area contributed by atoms with E-state index in [0.29, 0.717) is 71.3 Å². The normalized spacial score (nSPS) is 19.6. The van der Waals surface area contributed by atoms with Crippen molar-refractivity contribution in [2.75, 3.05) is 82.1 Å². The molecule has 0 aliphatic carbocycles. The van der Waals surface area contributed by atoms with Gasteiger partial charge in [0.15, 0.2) is 0 Å². The number of aliphatic imine (C=N–C) groups is 2. The summed E-state index contributed by atoms with van der Waals surface area (Å²) in [6, 6.07) is 25.9. The number of aliphatic carboxylic acids is 1. The number of hydrogen-bond acceptors (Lipinski definition) is 22. The van der Waals surface area contributed by atoms with E-state index < -0.39 is 60.1 Å². The number of aromatic nitrogens is 4. The Morgan fingerprint density at radius 3 is 1.24 bits per heavy atom. The molecular weight excluding hydrogens is 1670 g/mol. The van der Waals surface area contributed by atoms with Gasteiger partial charge in [-0.05, 0) is 198 Å². The quantitative estimate of drug-likeness (QED) is 0.0310. The van der Waals surface area contributed by atoms with Crippen molar-refractivity contribution >= 4 is 98.5 Å². The van der Waals surface area contributed by atoms with Gasteiger partial charge in [-0.25, -0.2) is 38.7 Å². The molecule has 16 rings (SSSR count). The molecule has 8 aromatic rings. The topological polar surface area (TPSA) is 400 Å². The van der Waals surface area contributed by atoms with E-state index in [-0.39, 0.29) is 83.5 Å².